The monoisotopic (exact) mass is 388 g/mol. The summed E-state index contributed by atoms with van der Waals surface area (Å²) in [5.41, 5.74) is 2.76. The predicted octanol–water partition coefficient (Wildman–Crippen LogP) is 4.81. The number of ether oxygens (including phenoxy) is 1. The Morgan fingerprint density at radius 2 is 1.30 bits per heavy atom. The molecule has 0 aliphatic rings. The van der Waals surface area contributed by atoms with Gasteiger partial charge in [-0.25, -0.2) is 4.79 Å². The van der Waals surface area contributed by atoms with E-state index in [-0.39, 0.29) is 12.6 Å². The highest BCUT2D eigenvalue weighted by atomic mass is 35.5. The molecule has 5 heteroatoms. The summed E-state index contributed by atoms with van der Waals surface area (Å²) in [6.07, 6.45) is 0. The first-order valence-corrected chi connectivity index (χ1v) is 8.52. The summed E-state index contributed by atoms with van der Waals surface area (Å²) in [5, 5.41) is 8.07. The van der Waals surface area contributed by atoms with Crippen LogP contribution in [0.25, 0.3) is 0 Å². The second-order valence-electron chi connectivity index (χ2n) is 5.54. The maximum Gasteiger partial charge on any atom is 0.333 e. The van der Waals surface area contributed by atoms with Gasteiger partial charge in [-0.05, 0) is 36.6 Å². The molecule has 0 unspecified atom stereocenters. The Morgan fingerprint density at radius 3 is 1.59 bits per heavy atom. The third-order valence-corrected chi connectivity index (χ3v) is 3.24. The molecule has 0 saturated heterocycles. The van der Waals surface area contributed by atoms with Gasteiger partial charge in [0.05, 0.1) is 6.61 Å². The Balaban J connectivity index is 0.000000413. The van der Waals surface area contributed by atoms with Gasteiger partial charge in [0.1, 0.15) is 6.61 Å². The standard InChI is InChI=1S/C11H12O2.C7H8O.C4H5ClO/c1-9(2)11(12)13-8-10-6-4-3-5-7-10;8-6-7-4-2-1-3-5-7;1-3(2)4(5)6/h3-7H,1,8H2,2H3;1-5,8H,6H2;1H2,2H3. The van der Waals surface area contributed by atoms with Gasteiger partial charge in [-0.2, -0.15) is 0 Å². The van der Waals surface area contributed by atoms with E-state index in [1.54, 1.807) is 13.8 Å². The van der Waals surface area contributed by atoms with Gasteiger partial charge < -0.3 is 9.84 Å². The van der Waals surface area contributed by atoms with Gasteiger partial charge in [0.15, 0.2) is 0 Å². The van der Waals surface area contributed by atoms with Crippen molar-refractivity contribution in [1.29, 1.82) is 0 Å². The Hall–Kier alpha value is -2.69. The fraction of sp³-hybridized carbons (Fsp3) is 0.182. The summed E-state index contributed by atoms with van der Waals surface area (Å²) in [7, 11) is 0. The van der Waals surface area contributed by atoms with Gasteiger partial charge in [-0.15, -0.1) is 0 Å². The van der Waals surface area contributed by atoms with Crippen LogP contribution >= 0.6 is 11.6 Å². The van der Waals surface area contributed by atoms with Crippen LogP contribution in [0.3, 0.4) is 0 Å². The van der Waals surface area contributed by atoms with E-state index in [2.05, 4.69) is 13.2 Å². The number of rotatable bonds is 5. The number of aliphatic hydroxyl groups excluding tert-OH is 1. The minimum absolute atomic E-state index is 0.140. The van der Waals surface area contributed by atoms with Crippen LogP contribution in [0.2, 0.25) is 0 Å². The Morgan fingerprint density at radius 1 is 0.889 bits per heavy atom. The Labute approximate surface area is 165 Å². The van der Waals surface area contributed by atoms with Gasteiger partial charge in [0.2, 0.25) is 5.24 Å². The van der Waals surface area contributed by atoms with Crippen molar-refractivity contribution in [1.82, 2.24) is 0 Å². The predicted molar refractivity (Wildman–Crippen MR) is 109 cm³/mol. The highest BCUT2D eigenvalue weighted by molar-refractivity contribution is 6.67. The van der Waals surface area contributed by atoms with Crippen LogP contribution in [0.1, 0.15) is 25.0 Å². The van der Waals surface area contributed by atoms with Crippen molar-refractivity contribution in [2.75, 3.05) is 0 Å². The fourth-order valence-corrected chi connectivity index (χ4v) is 1.43. The van der Waals surface area contributed by atoms with Gasteiger partial charge in [0, 0.05) is 11.1 Å². The summed E-state index contributed by atoms with van der Waals surface area (Å²) in [5.74, 6) is -0.344. The number of hydrogen-bond donors (Lipinski definition) is 1. The first kappa shape index (κ1) is 24.3. The molecule has 0 amide bonds. The van der Waals surface area contributed by atoms with Crippen LogP contribution in [0.5, 0.6) is 0 Å². The van der Waals surface area contributed by atoms with Gasteiger partial charge in [-0.3, -0.25) is 4.79 Å². The van der Waals surface area contributed by atoms with Crippen molar-refractivity contribution in [3.63, 3.8) is 0 Å². The molecule has 2 rings (SSSR count). The van der Waals surface area contributed by atoms with Crippen LogP contribution < -0.4 is 0 Å². The van der Waals surface area contributed by atoms with Crippen molar-refractivity contribution in [2.45, 2.75) is 27.1 Å². The van der Waals surface area contributed by atoms with Gasteiger partial charge in [-0.1, -0.05) is 73.8 Å². The van der Waals surface area contributed by atoms with Crippen molar-refractivity contribution in [3.05, 3.63) is 96.1 Å². The van der Waals surface area contributed by atoms with E-state index in [1.807, 2.05) is 60.7 Å². The molecular formula is C22H25ClO4. The van der Waals surface area contributed by atoms with Crippen molar-refractivity contribution in [3.8, 4) is 0 Å². The molecule has 0 bridgehead atoms. The zero-order chi connectivity index (χ0) is 20.7. The summed E-state index contributed by atoms with van der Waals surface area (Å²) in [4.78, 5) is 20.8. The highest BCUT2D eigenvalue weighted by Crippen LogP contribution is 2.02. The maximum absolute atomic E-state index is 11.0. The van der Waals surface area contributed by atoms with E-state index in [9.17, 15) is 9.59 Å². The van der Waals surface area contributed by atoms with E-state index < -0.39 is 5.24 Å². The molecule has 0 atom stereocenters. The second-order valence-corrected chi connectivity index (χ2v) is 5.88. The molecule has 27 heavy (non-hydrogen) atoms. The zero-order valence-corrected chi connectivity index (χ0v) is 16.4. The highest BCUT2D eigenvalue weighted by Gasteiger charge is 2.02. The third kappa shape index (κ3) is 13.2. The van der Waals surface area contributed by atoms with Crippen LogP contribution in [-0.4, -0.2) is 16.3 Å². The molecule has 2 aromatic carbocycles. The number of aliphatic hydroxyl groups is 1. The molecule has 1 N–H and O–H groups in total. The van der Waals surface area contributed by atoms with Crippen LogP contribution in [0.15, 0.2) is 85.0 Å². The molecule has 2 aromatic rings. The van der Waals surface area contributed by atoms with Crippen LogP contribution in [0.4, 0.5) is 0 Å². The number of halogens is 1. The first-order valence-electron chi connectivity index (χ1n) is 8.14. The lowest BCUT2D eigenvalue weighted by Gasteiger charge is -2.03. The molecule has 0 aliphatic heterocycles. The molecule has 0 aromatic heterocycles. The number of carbonyl (C=O) groups is 2. The first-order chi connectivity index (χ1) is 12.8. The minimum Gasteiger partial charge on any atom is -0.457 e. The number of esters is 1. The number of carbonyl (C=O) groups excluding carboxylic acids is 2. The van der Waals surface area contributed by atoms with E-state index in [4.69, 9.17) is 21.4 Å². The minimum atomic E-state index is -0.463. The fourth-order valence-electron chi connectivity index (χ4n) is 1.43. The molecule has 4 nitrogen and oxygen atoms in total. The topological polar surface area (TPSA) is 63.6 Å². The van der Waals surface area contributed by atoms with Crippen LogP contribution in [-0.2, 0) is 27.5 Å². The molecule has 0 spiro atoms. The lowest BCUT2D eigenvalue weighted by atomic mass is 10.2. The lowest BCUT2D eigenvalue weighted by molar-refractivity contribution is -0.140. The van der Waals surface area contributed by atoms with E-state index in [0.29, 0.717) is 17.8 Å². The van der Waals surface area contributed by atoms with E-state index >= 15 is 0 Å². The third-order valence-electron chi connectivity index (χ3n) is 2.92. The SMILES string of the molecule is C=C(C)C(=O)Cl.C=C(C)C(=O)OCc1ccccc1.OCc1ccccc1. The molecule has 0 aliphatic carbocycles. The molecule has 0 fully saturated rings. The lowest BCUT2D eigenvalue weighted by Crippen LogP contribution is -2.04. The number of allylic oxidation sites excluding steroid dienone is 1. The Bertz CT molecular complexity index is 712. The average Bonchev–Trinajstić information content (AvgIpc) is 2.68. The molecule has 0 heterocycles. The van der Waals surface area contributed by atoms with Crippen LogP contribution in [0, 0.1) is 0 Å². The normalized spacial score (nSPS) is 8.89. The average molecular weight is 389 g/mol. The largest absolute Gasteiger partial charge is 0.457 e. The quantitative estimate of drug-likeness (QED) is 0.453. The van der Waals surface area contributed by atoms with E-state index in [0.717, 1.165) is 11.1 Å². The van der Waals surface area contributed by atoms with Crippen molar-refractivity contribution >= 4 is 22.8 Å². The summed E-state index contributed by atoms with van der Waals surface area (Å²) in [6, 6.07) is 19.1. The smallest absolute Gasteiger partial charge is 0.333 e. The van der Waals surface area contributed by atoms with Gasteiger partial charge >= 0.3 is 5.97 Å². The Kier molecular flexibility index (Phi) is 13.0. The molecule has 0 saturated carbocycles. The summed E-state index contributed by atoms with van der Waals surface area (Å²) >= 11 is 4.87. The maximum atomic E-state index is 11.0. The van der Waals surface area contributed by atoms with Gasteiger partial charge in [0.25, 0.3) is 0 Å². The van der Waals surface area contributed by atoms with Crippen molar-refractivity contribution < 1.29 is 19.4 Å². The molecular weight excluding hydrogens is 364 g/mol. The summed E-state index contributed by atoms with van der Waals surface area (Å²) in [6.45, 7) is 10.4. The summed E-state index contributed by atoms with van der Waals surface area (Å²) < 4.78 is 4.95. The second kappa shape index (κ2) is 14.5. The number of hydrogen-bond acceptors (Lipinski definition) is 4. The zero-order valence-electron chi connectivity index (χ0n) is 15.7. The number of benzene rings is 2. The molecule has 144 valence electrons. The molecule has 0 radical (unpaired) electrons. The van der Waals surface area contributed by atoms with E-state index in [1.165, 1.54) is 0 Å². The van der Waals surface area contributed by atoms with Crippen molar-refractivity contribution in [2.24, 2.45) is 0 Å².